The van der Waals surface area contributed by atoms with Crippen molar-refractivity contribution in [1.29, 1.82) is 0 Å². The number of carbonyl (C=O) groups excluding carboxylic acids is 2. The number of carbonyl (C=O) groups is 2. The summed E-state index contributed by atoms with van der Waals surface area (Å²) in [5.74, 6) is 0.702. The van der Waals surface area contributed by atoms with Gasteiger partial charge in [-0.15, -0.1) is 0 Å². The van der Waals surface area contributed by atoms with Crippen LogP contribution in [0.2, 0.25) is 0 Å². The Bertz CT molecular complexity index is 894. The number of amides is 2. The van der Waals surface area contributed by atoms with Gasteiger partial charge in [-0.2, -0.15) is 0 Å². The molecule has 1 unspecified atom stereocenters. The SMILES string of the molecule is COc1ccc(NC(=O)C(CCC2CC2)NC(=O)c2cccc(CCCN(C)C)c2)cn1. The number of hydrogen-bond acceptors (Lipinski definition) is 5. The van der Waals surface area contributed by atoms with E-state index in [4.69, 9.17) is 4.74 Å². The third-order valence-corrected chi connectivity index (χ3v) is 5.66. The van der Waals surface area contributed by atoms with E-state index in [2.05, 4.69) is 34.6 Å². The molecule has 172 valence electrons. The molecule has 1 atom stereocenters. The Hall–Kier alpha value is -2.93. The Kier molecular flexibility index (Phi) is 8.62. The topological polar surface area (TPSA) is 83.6 Å². The molecule has 7 nitrogen and oxygen atoms in total. The number of benzene rings is 1. The van der Waals surface area contributed by atoms with E-state index >= 15 is 0 Å². The largest absolute Gasteiger partial charge is 0.481 e. The summed E-state index contributed by atoms with van der Waals surface area (Å²) < 4.78 is 5.06. The van der Waals surface area contributed by atoms with Crippen molar-refractivity contribution in [3.63, 3.8) is 0 Å². The van der Waals surface area contributed by atoms with Crippen molar-refractivity contribution in [2.45, 2.75) is 44.6 Å². The highest BCUT2D eigenvalue weighted by atomic mass is 16.5. The standard InChI is InChI=1S/C25H34N4O3/c1-29(2)15-5-7-19-6-4-8-20(16-19)24(30)28-22(13-11-18-9-10-18)25(31)27-21-12-14-23(32-3)26-17-21/h4,6,8,12,14,16-18,22H,5,7,9-11,13,15H2,1-3H3,(H,27,31)(H,28,30). The highest BCUT2D eigenvalue weighted by Gasteiger charge is 2.27. The smallest absolute Gasteiger partial charge is 0.251 e. The van der Waals surface area contributed by atoms with Crippen LogP contribution in [0.4, 0.5) is 5.69 Å². The average molecular weight is 439 g/mol. The summed E-state index contributed by atoms with van der Waals surface area (Å²) in [5, 5.41) is 5.82. The second-order valence-electron chi connectivity index (χ2n) is 8.73. The maximum absolute atomic E-state index is 13.0. The lowest BCUT2D eigenvalue weighted by atomic mass is 10.0. The van der Waals surface area contributed by atoms with Gasteiger partial charge in [-0.05, 0) is 76.0 Å². The van der Waals surface area contributed by atoms with Crippen LogP contribution >= 0.6 is 0 Å². The van der Waals surface area contributed by atoms with Crippen molar-refractivity contribution in [2.75, 3.05) is 33.1 Å². The zero-order valence-electron chi connectivity index (χ0n) is 19.3. The number of nitrogens with zero attached hydrogens (tertiary/aromatic N) is 2. The van der Waals surface area contributed by atoms with E-state index < -0.39 is 6.04 Å². The lowest BCUT2D eigenvalue weighted by Crippen LogP contribution is -2.44. The van der Waals surface area contributed by atoms with Gasteiger partial charge in [0.25, 0.3) is 5.91 Å². The molecule has 1 saturated carbocycles. The van der Waals surface area contributed by atoms with Gasteiger partial charge >= 0.3 is 0 Å². The third kappa shape index (κ3) is 7.64. The van der Waals surface area contributed by atoms with Crippen LogP contribution in [0.1, 0.15) is 48.0 Å². The molecule has 3 rings (SSSR count). The van der Waals surface area contributed by atoms with E-state index in [0.717, 1.165) is 31.4 Å². The molecule has 0 aliphatic heterocycles. The number of aromatic nitrogens is 1. The summed E-state index contributed by atoms with van der Waals surface area (Å²) in [6, 6.07) is 10.5. The third-order valence-electron chi connectivity index (χ3n) is 5.66. The number of nitrogens with one attached hydrogen (secondary N) is 2. The van der Waals surface area contributed by atoms with Gasteiger partial charge in [0.2, 0.25) is 11.8 Å². The van der Waals surface area contributed by atoms with Crippen LogP contribution in [0.15, 0.2) is 42.6 Å². The highest BCUT2D eigenvalue weighted by Crippen LogP contribution is 2.34. The fraction of sp³-hybridized carbons (Fsp3) is 0.480. The molecule has 0 radical (unpaired) electrons. The Morgan fingerprint density at radius 3 is 2.69 bits per heavy atom. The van der Waals surface area contributed by atoms with Crippen LogP contribution in [0, 0.1) is 5.92 Å². The second kappa shape index (κ2) is 11.6. The molecule has 0 saturated heterocycles. The summed E-state index contributed by atoms with van der Waals surface area (Å²) in [6.45, 7) is 1.00. The van der Waals surface area contributed by atoms with Gasteiger partial charge < -0.3 is 20.3 Å². The number of rotatable bonds is 12. The number of methoxy groups -OCH3 is 1. The second-order valence-corrected chi connectivity index (χ2v) is 8.73. The van der Waals surface area contributed by atoms with Gasteiger partial charge in [0.1, 0.15) is 6.04 Å². The molecule has 1 heterocycles. The Morgan fingerprint density at radius 1 is 1.22 bits per heavy atom. The Labute approximate surface area is 190 Å². The molecule has 1 aliphatic rings. The maximum atomic E-state index is 13.0. The van der Waals surface area contributed by atoms with E-state index in [1.54, 1.807) is 31.5 Å². The van der Waals surface area contributed by atoms with E-state index in [-0.39, 0.29) is 11.8 Å². The number of ether oxygens (including phenoxy) is 1. The minimum Gasteiger partial charge on any atom is -0.481 e. The molecule has 0 bridgehead atoms. The molecular weight excluding hydrogens is 404 g/mol. The molecule has 1 aromatic heterocycles. The minimum absolute atomic E-state index is 0.219. The number of anilines is 1. The van der Waals surface area contributed by atoms with Crippen molar-refractivity contribution in [3.05, 3.63) is 53.7 Å². The van der Waals surface area contributed by atoms with Crippen LogP contribution in [0.25, 0.3) is 0 Å². The van der Waals surface area contributed by atoms with Gasteiger partial charge in [-0.3, -0.25) is 9.59 Å². The van der Waals surface area contributed by atoms with Gasteiger partial charge in [-0.25, -0.2) is 4.98 Å². The molecule has 32 heavy (non-hydrogen) atoms. The van der Waals surface area contributed by atoms with Crippen LogP contribution < -0.4 is 15.4 Å². The summed E-state index contributed by atoms with van der Waals surface area (Å²) in [5.41, 5.74) is 2.29. The van der Waals surface area contributed by atoms with E-state index in [9.17, 15) is 9.59 Å². The van der Waals surface area contributed by atoms with Crippen molar-refractivity contribution < 1.29 is 14.3 Å². The van der Waals surface area contributed by atoms with Crippen LogP contribution in [0.5, 0.6) is 5.88 Å². The van der Waals surface area contributed by atoms with Gasteiger partial charge in [0.05, 0.1) is 19.0 Å². The fourth-order valence-corrected chi connectivity index (χ4v) is 3.59. The van der Waals surface area contributed by atoms with E-state index in [1.807, 2.05) is 18.2 Å². The first-order chi connectivity index (χ1) is 15.4. The lowest BCUT2D eigenvalue weighted by molar-refractivity contribution is -0.118. The van der Waals surface area contributed by atoms with E-state index in [0.29, 0.717) is 29.5 Å². The molecule has 1 fully saturated rings. The molecule has 1 aliphatic carbocycles. The Morgan fingerprint density at radius 2 is 2.03 bits per heavy atom. The molecule has 2 amide bonds. The van der Waals surface area contributed by atoms with E-state index in [1.165, 1.54) is 12.8 Å². The molecular formula is C25H34N4O3. The summed E-state index contributed by atoms with van der Waals surface area (Å²) in [7, 11) is 5.65. The zero-order valence-corrected chi connectivity index (χ0v) is 19.3. The van der Waals surface area contributed by atoms with Gasteiger partial charge in [-0.1, -0.05) is 25.0 Å². The molecule has 0 spiro atoms. The normalized spacial score (nSPS) is 14.1. The highest BCUT2D eigenvalue weighted by molar-refractivity contribution is 6.01. The average Bonchev–Trinajstić information content (AvgIpc) is 3.61. The summed E-state index contributed by atoms with van der Waals surface area (Å²) in [4.78, 5) is 32.2. The van der Waals surface area contributed by atoms with Crippen LogP contribution in [-0.4, -0.2) is 55.5 Å². The van der Waals surface area contributed by atoms with Crippen molar-refractivity contribution in [3.8, 4) is 5.88 Å². The minimum atomic E-state index is -0.595. The van der Waals surface area contributed by atoms with Crippen LogP contribution in [-0.2, 0) is 11.2 Å². The Balaban J connectivity index is 1.63. The zero-order chi connectivity index (χ0) is 22.9. The first-order valence-corrected chi connectivity index (χ1v) is 11.3. The predicted molar refractivity (Wildman–Crippen MR) is 126 cm³/mol. The molecule has 2 N–H and O–H groups in total. The van der Waals surface area contributed by atoms with Gasteiger partial charge in [0, 0.05) is 11.6 Å². The number of hydrogen-bond donors (Lipinski definition) is 2. The first-order valence-electron chi connectivity index (χ1n) is 11.3. The summed E-state index contributed by atoms with van der Waals surface area (Å²) in [6.07, 6.45) is 7.46. The number of pyridine rings is 1. The maximum Gasteiger partial charge on any atom is 0.251 e. The van der Waals surface area contributed by atoms with Crippen molar-refractivity contribution in [2.24, 2.45) is 5.92 Å². The quantitative estimate of drug-likeness (QED) is 0.530. The van der Waals surface area contributed by atoms with Crippen molar-refractivity contribution in [1.82, 2.24) is 15.2 Å². The fourth-order valence-electron chi connectivity index (χ4n) is 3.59. The first kappa shape index (κ1) is 23.7. The molecule has 7 heteroatoms. The lowest BCUT2D eigenvalue weighted by Gasteiger charge is -2.19. The van der Waals surface area contributed by atoms with Crippen LogP contribution in [0.3, 0.4) is 0 Å². The molecule has 1 aromatic carbocycles. The monoisotopic (exact) mass is 438 g/mol. The molecule has 2 aromatic rings. The number of aryl methyl sites for hydroxylation is 1. The predicted octanol–water partition coefficient (Wildman–Crippen LogP) is 3.51. The summed E-state index contributed by atoms with van der Waals surface area (Å²) >= 11 is 0. The van der Waals surface area contributed by atoms with Gasteiger partial charge in [0.15, 0.2) is 0 Å². The van der Waals surface area contributed by atoms with Crippen molar-refractivity contribution >= 4 is 17.5 Å².